The van der Waals surface area contributed by atoms with E-state index in [0.717, 1.165) is 13.1 Å². The summed E-state index contributed by atoms with van der Waals surface area (Å²) in [7, 11) is 1.41. The molecule has 0 aromatic carbocycles. The molecule has 0 radical (unpaired) electrons. The number of ether oxygens (including phenoxy) is 2. The van der Waals surface area contributed by atoms with E-state index in [0.29, 0.717) is 39.3 Å². The number of esters is 2. The van der Waals surface area contributed by atoms with E-state index in [2.05, 4.69) is 14.9 Å². The van der Waals surface area contributed by atoms with Gasteiger partial charge in [-0.15, -0.1) is 11.3 Å². The van der Waals surface area contributed by atoms with Crippen LogP contribution in [-0.4, -0.2) is 53.6 Å². The van der Waals surface area contributed by atoms with E-state index in [1.54, 1.807) is 13.8 Å². The molecule has 0 bridgehead atoms. The number of aromatic amines is 1. The maximum atomic E-state index is 12.7. The van der Waals surface area contributed by atoms with Gasteiger partial charge in [0.15, 0.2) is 0 Å². The van der Waals surface area contributed by atoms with Gasteiger partial charge in [-0.3, -0.25) is 14.5 Å². The van der Waals surface area contributed by atoms with Crippen LogP contribution in [0.2, 0.25) is 0 Å². The van der Waals surface area contributed by atoms with Crippen molar-refractivity contribution in [3.8, 4) is 0 Å². The largest absolute Gasteiger partial charge is 0.469 e. The number of aryl methyl sites for hydroxylation is 1. The maximum absolute atomic E-state index is 12.7. The number of H-pyrrole nitrogens is 1. The number of hydrogen-bond acceptors (Lipinski definition) is 8. The number of carbonyl (C=O) groups excluding carboxylic acids is 2. The third kappa shape index (κ3) is 3.81. The molecular formula is C19H25N3O5S. The van der Waals surface area contributed by atoms with Crippen LogP contribution in [0.25, 0.3) is 10.2 Å². The highest BCUT2D eigenvalue weighted by Crippen LogP contribution is 2.30. The van der Waals surface area contributed by atoms with Crippen molar-refractivity contribution >= 4 is 33.5 Å². The number of carbonyl (C=O) groups is 2. The van der Waals surface area contributed by atoms with Crippen LogP contribution in [0.3, 0.4) is 0 Å². The van der Waals surface area contributed by atoms with Gasteiger partial charge in [0.2, 0.25) is 0 Å². The van der Waals surface area contributed by atoms with Gasteiger partial charge in [0.25, 0.3) is 5.56 Å². The van der Waals surface area contributed by atoms with Crippen LogP contribution in [0.15, 0.2) is 4.79 Å². The van der Waals surface area contributed by atoms with E-state index < -0.39 is 5.97 Å². The number of thiophene rings is 1. The van der Waals surface area contributed by atoms with E-state index in [4.69, 9.17) is 9.47 Å². The monoisotopic (exact) mass is 407 g/mol. The molecule has 0 amide bonds. The molecule has 3 rings (SSSR count). The summed E-state index contributed by atoms with van der Waals surface area (Å²) in [6.07, 6.45) is 1.43. The highest BCUT2D eigenvalue weighted by molar-refractivity contribution is 7.20. The highest BCUT2D eigenvalue weighted by Gasteiger charge is 2.29. The first-order valence-electron chi connectivity index (χ1n) is 9.39. The molecular weight excluding hydrogens is 382 g/mol. The standard InChI is InChI=1S/C19H25N3O5S/c1-5-27-19(25)14-10(2)13-16(23)20-15(21-17(13)28-14)11(3)22-8-6-12(7-9-22)18(24)26-4/h11-12H,5-9H2,1-4H3,(H,20,21,23)/t11-/m0/s1. The number of aromatic nitrogens is 2. The number of nitrogens with zero attached hydrogens (tertiary/aromatic N) is 2. The summed E-state index contributed by atoms with van der Waals surface area (Å²) in [5, 5.41) is 0.438. The summed E-state index contributed by atoms with van der Waals surface area (Å²) in [6.45, 7) is 7.19. The Balaban J connectivity index is 1.85. The van der Waals surface area contributed by atoms with E-state index in [-0.39, 0.29) is 30.1 Å². The molecule has 28 heavy (non-hydrogen) atoms. The number of piperidine rings is 1. The molecule has 2 aromatic heterocycles. The predicted molar refractivity (Wildman–Crippen MR) is 106 cm³/mol. The molecule has 0 spiro atoms. The van der Waals surface area contributed by atoms with E-state index >= 15 is 0 Å². The van der Waals surface area contributed by atoms with Gasteiger partial charge in [-0.05, 0) is 52.3 Å². The summed E-state index contributed by atoms with van der Waals surface area (Å²) in [6, 6.07) is -0.107. The number of nitrogens with one attached hydrogen (secondary N) is 1. The molecule has 2 aromatic rings. The summed E-state index contributed by atoms with van der Waals surface area (Å²) in [5.41, 5.74) is 0.353. The van der Waals surface area contributed by atoms with Gasteiger partial charge >= 0.3 is 11.9 Å². The zero-order valence-corrected chi connectivity index (χ0v) is 17.4. The molecule has 0 aliphatic carbocycles. The lowest BCUT2D eigenvalue weighted by Crippen LogP contribution is -2.39. The van der Waals surface area contributed by atoms with Crippen molar-refractivity contribution in [2.45, 2.75) is 39.7 Å². The molecule has 1 aliphatic rings. The first-order chi connectivity index (χ1) is 13.4. The zero-order valence-electron chi connectivity index (χ0n) is 16.5. The average Bonchev–Trinajstić information content (AvgIpc) is 3.04. The summed E-state index contributed by atoms with van der Waals surface area (Å²) < 4.78 is 9.91. The van der Waals surface area contributed by atoms with Crippen LogP contribution >= 0.6 is 11.3 Å². The summed E-state index contributed by atoms with van der Waals surface area (Å²) in [5.74, 6) is -0.108. The van der Waals surface area contributed by atoms with Gasteiger partial charge in [-0.25, -0.2) is 9.78 Å². The lowest BCUT2D eigenvalue weighted by molar-refractivity contribution is -0.147. The number of hydrogen-bond donors (Lipinski definition) is 1. The zero-order chi connectivity index (χ0) is 20.4. The second-order valence-electron chi connectivity index (χ2n) is 6.92. The van der Waals surface area contributed by atoms with Gasteiger partial charge in [0.05, 0.1) is 31.1 Å². The molecule has 1 N–H and O–H groups in total. The first kappa shape index (κ1) is 20.5. The number of likely N-dealkylation sites (tertiary alicyclic amines) is 1. The molecule has 1 atom stereocenters. The Morgan fingerprint density at radius 3 is 2.64 bits per heavy atom. The average molecular weight is 407 g/mol. The van der Waals surface area contributed by atoms with Crippen molar-refractivity contribution in [3.63, 3.8) is 0 Å². The Morgan fingerprint density at radius 2 is 2.04 bits per heavy atom. The van der Waals surface area contributed by atoms with Crippen LogP contribution in [0.5, 0.6) is 0 Å². The van der Waals surface area contributed by atoms with E-state index in [9.17, 15) is 14.4 Å². The highest BCUT2D eigenvalue weighted by atomic mass is 32.1. The van der Waals surface area contributed by atoms with Crippen LogP contribution in [0.1, 0.15) is 53.8 Å². The second kappa shape index (κ2) is 8.40. The smallest absolute Gasteiger partial charge is 0.348 e. The van der Waals surface area contributed by atoms with Crippen LogP contribution in [0, 0.1) is 12.8 Å². The van der Waals surface area contributed by atoms with Gasteiger partial charge in [0, 0.05) is 0 Å². The lowest BCUT2D eigenvalue weighted by atomic mass is 9.96. The molecule has 152 valence electrons. The minimum Gasteiger partial charge on any atom is -0.469 e. The normalized spacial score (nSPS) is 16.9. The van der Waals surface area contributed by atoms with Gasteiger partial charge < -0.3 is 14.5 Å². The van der Waals surface area contributed by atoms with Gasteiger partial charge in [-0.2, -0.15) is 0 Å². The predicted octanol–water partition coefficient (Wildman–Crippen LogP) is 2.42. The summed E-state index contributed by atoms with van der Waals surface area (Å²) in [4.78, 5) is 47.1. The Hall–Kier alpha value is -2.26. The number of methoxy groups -OCH3 is 1. The Labute approximate surface area is 166 Å². The van der Waals surface area contributed by atoms with Crippen molar-refractivity contribution in [2.24, 2.45) is 5.92 Å². The van der Waals surface area contributed by atoms with E-state index in [1.807, 2.05) is 6.92 Å². The third-order valence-electron chi connectivity index (χ3n) is 5.29. The topological polar surface area (TPSA) is 102 Å². The van der Waals surface area contributed by atoms with E-state index in [1.165, 1.54) is 18.4 Å². The molecule has 1 aliphatic heterocycles. The minimum absolute atomic E-state index is 0.0741. The Kier molecular flexibility index (Phi) is 6.14. The fraction of sp³-hybridized carbons (Fsp3) is 0.579. The minimum atomic E-state index is -0.429. The van der Waals surface area contributed by atoms with Crippen molar-refractivity contribution in [1.82, 2.24) is 14.9 Å². The number of fused-ring (bicyclic) bond motifs is 1. The van der Waals surface area contributed by atoms with Crippen molar-refractivity contribution in [2.75, 3.05) is 26.8 Å². The second-order valence-corrected chi connectivity index (χ2v) is 7.92. The molecule has 1 saturated heterocycles. The fourth-order valence-electron chi connectivity index (χ4n) is 3.61. The SMILES string of the molecule is CCOC(=O)c1sc2nc([C@H](C)N3CCC(C(=O)OC)CC3)[nH]c(=O)c2c1C. The van der Waals surface area contributed by atoms with Crippen molar-refractivity contribution in [1.29, 1.82) is 0 Å². The Bertz CT molecular complexity index is 943. The molecule has 8 nitrogen and oxygen atoms in total. The van der Waals surface area contributed by atoms with Crippen LogP contribution in [0.4, 0.5) is 0 Å². The van der Waals surface area contributed by atoms with Crippen LogP contribution < -0.4 is 5.56 Å². The van der Waals surface area contributed by atoms with Crippen molar-refractivity contribution < 1.29 is 19.1 Å². The molecule has 9 heteroatoms. The number of rotatable bonds is 5. The van der Waals surface area contributed by atoms with Crippen molar-refractivity contribution in [3.05, 3.63) is 26.6 Å². The quantitative estimate of drug-likeness (QED) is 0.760. The molecule has 3 heterocycles. The molecule has 0 unspecified atom stereocenters. The first-order valence-corrected chi connectivity index (χ1v) is 10.2. The molecule has 0 saturated carbocycles. The maximum Gasteiger partial charge on any atom is 0.348 e. The fourth-order valence-corrected chi connectivity index (χ4v) is 4.69. The third-order valence-corrected chi connectivity index (χ3v) is 6.45. The van der Waals surface area contributed by atoms with Gasteiger partial charge in [0.1, 0.15) is 15.5 Å². The molecule has 1 fully saturated rings. The van der Waals surface area contributed by atoms with Crippen LogP contribution in [-0.2, 0) is 14.3 Å². The van der Waals surface area contributed by atoms with Gasteiger partial charge in [-0.1, -0.05) is 0 Å². The Morgan fingerprint density at radius 1 is 1.36 bits per heavy atom. The summed E-state index contributed by atoms with van der Waals surface area (Å²) >= 11 is 1.19. The lowest BCUT2D eigenvalue weighted by Gasteiger charge is -2.34.